The molecule has 2 amide bonds. The Labute approximate surface area is 230 Å². The third kappa shape index (κ3) is 7.17. The van der Waals surface area contributed by atoms with Crippen molar-refractivity contribution in [2.45, 2.75) is 50.1 Å². The van der Waals surface area contributed by atoms with E-state index in [0.29, 0.717) is 12.2 Å². The van der Waals surface area contributed by atoms with Crippen molar-refractivity contribution >= 4 is 39.3 Å². The molecule has 38 heavy (non-hydrogen) atoms. The maximum Gasteiger partial charge on any atom is 0.264 e. The molecule has 0 fully saturated rings. The van der Waals surface area contributed by atoms with Crippen LogP contribution in [0.15, 0.2) is 82.6 Å². The first-order chi connectivity index (χ1) is 18.1. The Balaban J connectivity index is 2.02. The molecule has 7 nitrogen and oxygen atoms in total. The monoisotopic (exact) mass is 553 g/mol. The van der Waals surface area contributed by atoms with E-state index in [0.717, 1.165) is 25.9 Å². The van der Waals surface area contributed by atoms with Gasteiger partial charge >= 0.3 is 0 Å². The summed E-state index contributed by atoms with van der Waals surface area (Å²) in [4.78, 5) is 29.1. The molecular weight excluding hydrogens is 518 g/mol. The average Bonchev–Trinajstić information content (AvgIpc) is 2.90. The van der Waals surface area contributed by atoms with Crippen LogP contribution in [0.1, 0.15) is 30.5 Å². The van der Waals surface area contributed by atoms with Gasteiger partial charge in [0.25, 0.3) is 10.0 Å². The fraction of sp³-hybridized carbons (Fsp3) is 0.310. The highest BCUT2D eigenvalue weighted by Gasteiger charge is 2.32. The predicted molar refractivity (Wildman–Crippen MR) is 154 cm³/mol. The summed E-state index contributed by atoms with van der Waals surface area (Å²) in [5.41, 5.74) is 3.22. The third-order valence-electron chi connectivity index (χ3n) is 6.20. The van der Waals surface area contributed by atoms with Gasteiger partial charge in [-0.05, 0) is 75.9 Å². The van der Waals surface area contributed by atoms with E-state index >= 15 is 0 Å². The molecule has 0 saturated heterocycles. The molecule has 0 aromatic heterocycles. The second-order valence-corrected chi connectivity index (χ2v) is 11.8. The second-order valence-electron chi connectivity index (χ2n) is 9.10. The molecular formula is C29H35N3O4S2. The topological polar surface area (TPSA) is 86.8 Å². The lowest BCUT2D eigenvalue weighted by molar-refractivity contribution is -0.139. The number of nitrogens with zero attached hydrogens (tertiary/aromatic N) is 2. The number of hydrogen-bond donors (Lipinski definition) is 1. The lowest BCUT2D eigenvalue weighted by atomic mass is 10.1. The van der Waals surface area contributed by atoms with Crippen LogP contribution in [0.2, 0.25) is 0 Å². The number of anilines is 1. The summed E-state index contributed by atoms with van der Waals surface area (Å²) in [6, 6.07) is 20.5. The Hall–Kier alpha value is -3.30. The Morgan fingerprint density at radius 3 is 2.18 bits per heavy atom. The number of amides is 2. The molecule has 0 aliphatic carbocycles. The molecule has 1 atom stereocenters. The molecule has 0 bridgehead atoms. The van der Waals surface area contributed by atoms with Crippen LogP contribution >= 0.6 is 11.8 Å². The van der Waals surface area contributed by atoms with Crippen LogP contribution in [0.5, 0.6) is 0 Å². The number of carbonyl (C=O) groups is 2. The van der Waals surface area contributed by atoms with Crippen LogP contribution in [0.3, 0.4) is 0 Å². The molecule has 9 heteroatoms. The van der Waals surface area contributed by atoms with Crippen molar-refractivity contribution in [2.75, 3.05) is 23.7 Å². The maximum atomic E-state index is 13.9. The van der Waals surface area contributed by atoms with Gasteiger partial charge in [-0.3, -0.25) is 13.9 Å². The molecule has 3 aromatic carbocycles. The predicted octanol–water partition coefficient (Wildman–Crippen LogP) is 4.77. The highest BCUT2D eigenvalue weighted by Crippen LogP contribution is 2.26. The van der Waals surface area contributed by atoms with Gasteiger partial charge < -0.3 is 10.2 Å². The van der Waals surface area contributed by atoms with Gasteiger partial charge in [0.15, 0.2) is 0 Å². The van der Waals surface area contributed by atoms with Crippen molar-refractivity contribution < 1.29 is 18.0 Å². The molecule has 0 saturated carbocycles. The lowest BCUT2D eigenvalue weighted by Gasteiger charge is -2.32. The average molecular weight is 554 g/mol. The van der Waals surface area contributed by atoms with E-state index in [-0.39, 0.29) is 17.3 Å². The van der Waals surface area contributed by atoms with Gasteiger partial charge in [0.1, 0.15) is 12.6 Å². The van der Waals surface area contributed by atoms with Crippen LogP contribution in [0.25, 0.3) is 0 Å². The molecule has 3 rings (SSSR count). The van der Waals surface area contributed by atoms with Gasteiger partial charge in [0.05, 0.1) is 10.6 Å². The van der Waals surface area contributed by atoms with Crippen LogP contribution in [0.4, 0.5) is 5.69 Å². The van der Waals surface area contributed by atoms with Gasteiger partial charge in [-0.25, -0.2) is 8.42 Å². The largest absolute Gasteiger partial charge is 0.355 e. The Morgan fingerprint density at radius 2 is 1.61 bits per heavy atom. The Bertz CT molecular complexity index is 1360. The summed E-state index contributed by atoms with van der Waals surface area (Å²) >= 11 is 1.51. The Kier molecular flexibility index (Phi) is 9.99. The molecule has 0 unspecified atom stereocenters. The highest BCUT2D eigenvalue weighted by molar-refractivity contribution is 7.98. The van der Waals surface area contributed by atoms with E-state index in [1.165, 1.54) is 16.7 Å². The van der Waals surface area contributed by atoms with Crippen LogP contribution in [0, 0.1) is 13.8 Å². The molecule has 3 aromatic rings. The number of nitrogens with one attached hydrogen (secondary N) is 1. The standard InChI is InChI=1S/C29H35N3O4S2/c1-6-30-29(34)23(4)31(19-24-9-7-8-22(3)18-24)28(33)20-32(25-12-10-21(2)11-13-25)38(35,36)27-16-14-26(37-5)15-17-27/h7-18,23H,6,19-20H2,1-5H3,(H,30,34)/t23-/m1/s1. The first kappa shape index (κ1) is 29.3. The van der Waals surface area contributed by atoms with Crippen molar-refractivity contribution in [1.82, 2.24) is 10.2 Å². The summed E-state index contributed by atoms with van der Waals surface area (Å²) in [5, 5.41) is 2.77. The molecule has 202 valence electrons. The molecule has 1 N–H and O–H groups in total. The van der Waals surface area contributed by atoms with E-state index in [4.69, 9.17) is 0 Å². The van der Waals surface area contributed by atoms with E-state index in [9.17, 15) is 18.0 Å². The van der Waals surface area contributed by atoms with E-state index in [1.807, 2.05) is 51.3 Å². The number of likely N-dealkylation sites (N-methyl/N-ethyl adjacent to an activating group) is 1. The number of aryl methyl sites for hydroxylation is 2. The number of hydrogen-bond acceptors (Lipinski definition) is 5. The van der Waals surface area contributed by atoms with Crippen molar-refractivity contribution in [3.63, 3.8) is 0 Å². The molecule has 0 aliphatic rings. The number of benzene rings is 3. The van der Waals surface area contributed by atoms with E-state index in [1.54, 1.807) is 55.5 Å². The van der Waals surface area contributed by atoms with E-state index in [2.05, 4.69) is 5.32 Å². The summed E-state index contributed by atoms with van der Waals surface area (Å²) in [6.07, 6.45) is 1.92. The lowest BCUT2D eigenvalue weighted by Crippen LogP contribution is -2.51. The van der Waals surface area contributed by atoms with Crippen LogP contribution in [-0.2, 0) is 26.2 Å². The maximum absolute atomic E-state index is 13.9. The van der Waals surface area contributed by atoms with Crippen LogP contribution < -0.4 is 9.62 Å². The minimum absolute atomic E-state index is 0.0886. The molecule has 0 spiro atoms. The number of carbonyl (C=O) groups excluding carboxylic acids is 2. The van der Waals surface area contributed by atoms with Crippen molar-refractivity contribution in [1.29, 1.82) is 0 Å². The van der Waals surface area contributed by atoms with Crippen molar-refractivity contribution in [2.24, 2.45) is 0 Å². The van der Waals surface area contributed by atoms with E-state index < -0.39 is 28.5 Å². The highest BCUT2D eigenvalue weighted by atomic mass is 32.2. The number of rotatable bonds is 11. The normalized spacial score (nSPS) is 12.0. The fourth-order valence-corrected chi connectivity index (χ4v) is 5.85. The third-order valence-corrected chi connectivity index (χ3v) is 8.73. The zero-order valence-corrected chi connectivity index (χ0v) is 24.1. The van der Waals surface area contributed by atoms with Crippen molar-refractivity contribution in [3.05, 3.63) is 89.5 Å². The molecule has 0 radical (unpaired) electrons. The fourth-order valence-electron chi connectivity index (χ4n) is 4.03. The molecule has 0 aliphatic heterocycles. The smallest absolute Gasteiger partial charge is 0.264 e. The van der Waals surface area contributed by atoms with Gasteiger partial charge in [-0.1, -0.05) is 47.5 Å². The zero-order valence-electron chi connectivity index (χ0n) is 22.5. The first-order valence-corrected chi connectivity index (χ1v) is 15.1. The second kappa shape index (κ2) is 13.0. The van der Waals surface area contributed by atoms with Gasteiger partial charge in [-0.2, -0.15) is 0 Å². The SMILES string of the molecule is CCNC(=O)[C@@H](C)N(Cc1cccc(C)c1)C(=O)CN(c1ccc(C)cc1)S(=O)(=O)c1ccc(SC)cc1. The summed E-state index contributed by atoms with van der Waals surface area (Å²) < 4.78 is 28.8. The summed E-state index contributed by atoms with van der Waals surface area (Å²) in [6.45, 7) is 7.47. The quantitative estimate of drug-likeness (QED) is 0.346. The minimum Gasteiger partial charge on any atom is -0.355 e. The van der Waals surface area contributed by atoms with Gasteiger partial charge in [0.2, 0.25) is 11.8 Å². The Morgan fingerprint density at radius 1 is 0.947 bits per heavy atom. The number of thioether (sulfide) groups is 1. The zero-order chi connectivity index (χ0) is 27.9. The summed E-state index contributed by atoms with van der Waals surface area (Å²) in [7, 11) is -4.08. The first-order valence-electron chi connectivity index (χ1n) is 12.4. The number of sulfonamides is 1. The van der Waals surface area contributed by atoms with Gasteiger partial charge in [0, 0.05) is 18.0 Å². The van der Waals surface area contributed by atoms with Crippen molar-refractivity contribution in [3.8, 4) is 0 Å². The minimum atomic E-state index is -4.08. The summed E-state index contributed by atoms with van der Waals surface area (Å²) in [5.74, 6) is -0.777. The van der Waals surface area contributed by atoms with Gasteiger partial charge in [-0.15, -0.1) is 11.8 Å². The van der Waals surface area contributed by atoms with Crippen LogP contribution in [-0.4, -0.2) is 50.5 Å². The molecule has 0 heterocycles.